The van der Waals surface area contributed by atoms with E-state index in [2.05, 4.69) is 5.32 Å². The second kappa shape index (κ2) is 6.85. The molecule has 0 spiro atoms. The van der Waals surface area contributed by atoms with Gasteiger partial charge in [0.15, 0.2) is 0 Å². The van der Waals surface area contributed by atoms with E-state index < -0.39 is 22.8 Å². The molecule has 0 radical (unpaired) electrons. The summed E-state index contributed by atoms with van der Waals surface area (Å²) < 4.78 is 10.8. The van der Waals surface area contributed by atoms with Gasteiger partial charge in [-0.1, -0.05) is 0 Å². The normalized spacial score (nSPS) is 21.2. The van der Waals surface area contributed by atoms with Crippen LogP contribution in [0.2, 0.25) is 0 Å². The smallest absolute Gasteiger partial charge is 0.327 e. The van der Waals surface area contributed by atoms with Gasteiger partial charge in [-0.25, -0.2) is 9.59 Å². The van der Waals surface area contributed by atoms with Crippen molar-refractivity contribution in [3.63, 3.8) is 0 Å². The fourth-order valence-electron chi connectivity index (χ4n) is 1.42. The number of carboxylic acids is 1. The lowest BCUT2D eigenvalue weighted by atomic mass is 10.3. The summed E-state index contributed by atoms with van der Waals surface area (Å²) in [4.78, 5) is 23.8. The lowest BCUT2D eigenvalue weighted by molar-refractivity contribution is -0.140. The maximum atomic E-state index is 11.7. The summed E-state index contributed by atoms with van der Waals surface area (Å²) >= 11 is 1.43. The Morgan fingerprint density at radius 1 is 1.59 bits per heavy atom. The number of hydrogen-bond acceptors (Lipinski definition) is 4. The van der Waals surface area contributed by atoms with Crippen molar-refractivity contribution < 1.29 is 18.9 Å². The monoisotopic (exact) mass is 280 g/mol. The summed E-state index contributed by atoms with van der Waals surface area (Å²) in [5.41, 5.74) is 0. The molecule has 0 aromatic heterocycles. The van der Waals surface area contributed by atoms with Crippen molar-refractivity contribution in [3.8, 4) is 0 Å². The van der Waals surface area contributed by atoms with Crippen LogP contribution in [-0.4, -0.2) is 62.4 Å². The Balaban J connectivity index is 2.32. The van der Waals surface area contributed by atoms with Crippen LogP contribution >= 0.6 is 11.8 Å². The van der Waals surface area contributed by atoms with Gasteiger partial charge in [0, 0.05) is 35.1 Å². The number of carbonyl (C=O) groups excluding carboxylic acids is 1. The third kappa shape index (κ3) is 4.55. The van der Waals surface area contributed by atoms with Gasteiger partial charge in [0.1, 0.15) is 6.04 Å². The quantitative estimate of drug-likeness (QED) is 0.688. The molecule has 2 unspecified atom stereocenters. The van der Waals surface area contributed by atoms with E-state index in [9.17, 15) is 13.8 Å². The molecule has 2 atom stereocenters. The zero-order valence-corrected chi connectivity index (χ0v) is 11.2. The molecule has 1 aliphatic heterocycles. The molecule has 0 saturated carbocycles. The number of amides is 2. The van der Waals surface area contributed by atoms with Crippen LogP contribution in [0.25, 0.3) is 0 Å². The topological polar surface area (TPSA) is 86.7 Å². The lowest BCUT2D eigenvalue weighted by Crippen LogP contribution is -2.47. The lowest BCUT2D eigenvalue weighted by Gasteiger charge is -2.20. The molecule has 0 aromatic rings. The highest BCUT2D eigenvalue weighted by atomic mass is 32.2. The van der Waals surface area contributed by atoms with Crippen LogP contribution in [0, 0.1) is 0 Å². The van der Waals surface area contributed by atoms with Crippen molar-refractivity contribution in [2.24, 2.45) is 0 Å². The zero-order chi connectivity index (χ0) is 12.8. The van der Waals surface area contributed by atoms with Gasteiger partial charge < -0.3 is 15.3 Å². The summed E-state index contributed by atoms with van der Waals surface area (Å²) in [7, 11) is -0.860. The molecule has 2 amide bonds. The number of thioether (sulfide) groups is 1. The molecule has 1 fully saturated rings. The average molecular weight is 280 g/mol. The standard InChI is InChI=1S/C9H16N2O4S2/c1-17(15)4-2-3-10-9(14)11-6-16-5-7(11)8(12)13/h7H,2-6H2,1H3,(H,10,14)(H,12,13). The van der Waals surface area contributed by atoms with Crippen LogP contribution in [0.15, 0.2) is 0 Å². The molecule has 17 heavy (non-hydrogen) atoms. The Hall–Kier alpha value is -0.760. The van der Waals surface area contributed by atoms with Gasteiger partial charge in [0.2, 0.25) is 0 Å². The highest BCUT2D eigenvalue weighted by molar-refractivity contribution is 7.99. The largest absolute Gasteiger partial charge is 0.480 e. The number of carboxylic acid groups (broad SMARTS) is 1. The Labute approximate surface area is 107 Å². The van der Waals surface area contributed by atoms with Crippen molar-refractivity contribution in [2.45, 2.75) is 12.5 Å². The number of aliphatic carboxylic acids is 1. The molecular formula is C9H16N2O4S2. The zero-order valence-electron chi connectivity index (χ0n) is 9.55. The summed E-state index contributed by atoms with van der Waals surface area (Å²) in [6.07, 6.45) is 2.24. The first-order valence-electron chi connectivity index (χ1n) is 5.17. The first-order valence-corrected chi connectivity index (χ1v) is 8.05. The molecule has 2 N–H and O–H groups in total. The maximum absolute atomic E-state index is 11.7. The van der Waals surface area contributed by atoms with Crippen LogP contribution in [0.5, 0.6) is 0 Å². The van der Waals surface area contributed by atoms with Gasteiger partial charge in [-0.15, -0.1) is 11.8 Å². The van der Waals surface area contributed by atoms with Crippen LogP contribution < -0.4 is 5.32 Å². The van der Waals surface area contributed by atoms with Crippen molar-refractivity contribution in [1.82, 2.24) is 10.2 Å². The van der Waals surface area contributed by atoms with E-state index in [4.69, 9.17) is 5.11 Å². The van der Waals surface area contributed by atoms with Crippen LogP contribution in [0.1, 0.15) is 6.42 Å². The number of hydrogen-bond donors (Lipinski definition) is 2. The van der Waals surface area contributed by atoms with Gasteiger partial charge in [-0.2, -0.15) is 0 Å². The summed E-state index contributed by atoms with van der Waals surface area (Å²) in [5.74, 6) is 0.404. The van der Waals surface area contributed by atoms with Crippen molar-refractivity contribution in [3.05, 3.63) is 0 Å². The predicted molar refractivity (Wildman–Crippen MR) is 67.5 cm³/mol. The fraction of sp³-hybridized carbons (Fsp3) is 0.778. The number of carbonyl (C=O) groups is 2. The van der Waals surface area contributed by atoms with Crippen LogP contribution in [-0.2, 0) is 15.6 Å². The van der Waals surface area contributed by atoms with Crippen molar-refractivity contribution in [2.75, 3.05) is 30.2 Å². The molecule has 1 heterocycles. The first-order chi connectivity index (χ1) is 8.02. The molecule has 1 saturated heterocycles. The minimum atomic E-state index is -0.972. The summed E-state index contributed by atoms with van der Waals surface area (Å²) in [6.45, 7) is 0.423. The van der Waals surface area contributed by atoms with E-state index in [-0.39, 0.29) is 6.03 Å². The molecule has 1 aliphatic rings. The van der Waals surface area contributed by atoms with Gasteiger partial charge >= 0.3 is 12.0 Å². The van der Waals surface area contributed by atoms with Gasteiger partial charge in [0.05, 0.1) is 5.88 Å². The van der Waals surface area contributed by atoms with Crippen molar-refractivity contribution in [1.29, 1.82) is 0 Å². The summed E-state index contributed by atoms with van der Waals surface area (Å²) in [6, 6.07) is -1.09. The molecule has 6 nitrogen and oxygen atoms in total. The Morgan fingerprint density at radius 3 is 2.88 bits per heavy atom. The van der Waals surface area contributed by atoms with E-state index in [0.29, 0.717) is 30.3 Å². The molecule has 1 rings (SSSR count). The molecule has 98 valence electrons. The van der Waals surface area contributed by atoms with Gasteiger partial charge in [0.25, 0.3) is 0 Å². The second-order valence-corrected chi connectivity index (χ2v) is 6.24. The highest BCUT2D eigenvalue weighted by Gasteiger charge is 2.34. The Bertz CT molecular complexity index is 324. The van der Waals surface area contributed by atoms with Crippen molar-refractivity contribution >= 4 is 34.6 Å². The third-order valence-electron chi connectivity index (χ3n) is 2.31. The molecule has 0 bridgehead atoms. The Kier molecular flexibility index (Phi) is 5.76. The minimum absolute atomic E-state index is 0.357. The fourth-order valence-corrected chi connectivity index (χ4v) is 3.12. The SMILES string of the molecule is CS(=O)CCCNC(=O)N1CSCC1C(=O)O. The first kappa shape index (κ1) is 14.3. The third-order valence-corrected chi connectivity index (χ3v) is 4.19. The van der Waals surface area contributed by atoms with E-state index in [1.165, 1.54) is 16.7 Å². The van der Waals surface area contributed by atoms with E-state index >= 15 is 0 Å². The second-order valence-electron chi connectivity index (χ2n) is 3.69. The van der Waals surface area contributed by atoms with E-state index in [1.54, 1.807) is 6.26 Å². The predicted octanol–water partition coefficient (Wildman–Crippen LogP) is -0.0759. The minimum Gasteiger partial charge on any atom is -0.480 e. The van der Waals surface area contributed by atoms with E-state index in [1.807, 2.05) is 0 Å². The number of urea groups is 1. The average Bonchev–Trinajstić information content (AvgIpc) is 2.72. The molecule has 8 heteroatoms. The number of nitrogens with zero attached hydrogens (tertiary/aromatic N) is 1. The number of rotatable bonds is 5. The number of nitrogens with one attached hydrogen (secondary N) is 1. The van der Waals surface area contributed by atoms with E-state index in [0.717, 1.165) is 0 Å². The van der Waals surface area contributed by atoms with Crippen LogP contribution in [0.3, 0.4) is 0 Å². The summed E-state index contributed by atoms with van der Waals surface area (Å²) in [5, 5.41) is 11.5. The van der Waals surface area contributed by atoms with Gasteiger partial charge in [-0.3, -0.25) is 4.21 Å². The Morgan fingerprint density at radius 2 is 2.29 bits per heavy atom. The maximum Gasteiger partial charge on any atom is 0.327 e. The van der Waals surface area contributed by atoms with Crippen LogP contribution in [0.4, 0.5) is 4.79 Å². The highest BCUT2D eigenvalue weighted by Crippen LogP contribution is 2.20. The van der Waals surface area contributed by atoms with Gasteiger partial charge in [-0.05, 0) is 6.42 Å². The molecule has 0 aromatic carbocycles. The molecule has 0 aliphatic carbocycles. The molecular weight excluding hydrogens is 264 g/mol.